The second-order valence-electron chi connectivity index (χ2n) is 4.41. The normalized spacial score (nSPS) is 12.1. The van der Waals surface area contributed by atoms with Gasteiger partial charge in [0.25, 0.3) is 5.69 Å². The summed E-state index contributed by atoms with van der Waals surface area (Å²) in [4.78, 5) is 10.7. The number of halogens is 1. The SMILES string of the molecule is Cc1cccc([N+](=O)[O-])c1CC(Cl)c1ccccc1. The first-order valence-corrected chi connectivity index (χ1v) is 6.45. The van der Waals surface area contributed by atoms with Crippen molar-refractivity contribution in [1.29, 1.82) is 0 Å². The minimum atomic E-state index is -0.350. The highest BCUT2D eigenvalue weighted by atomic mass is 35.5. The van der Waals surface area contributed by atoms with Crippen LogP contribution in [0.25, 0.3) is 0 Å². The molecular formula is C15H14ClNO2. The quantitative estimate of drug-likeness (QED) is 0.471. The van der Waals surface area contributed by atoms with E-state index in [0.29, 0.717) is 12.0 Å². The first-order valence-electron chi connectivity index (χ1n) is 6.01. The predicted octanol–water partition coefficient (Wildman–Crippen LogP) is 4.43. The zero-order valence-corrected chi connectivity index (χ0v) is 11.3. The lowest BCUT2D eigenvalue weighted by Gasteiger charge is -2.12. The third-order valence-electron chi connectivity index (χ3n) is 3.13. The van der Waals surface area contributed by atoms with Crippen molar-refractivity contribution in [3.8, 4) is 0 Å². The number of rotatable bonds is 4. The highest BCUT2D eigenvalue weighted by Crippen LogP contribution is 2.31. The van der Waals surface area contributed by atoms with Gasteiger partial charge in [0.1, 0.15) is 0 Å². The van der Waals surface area contributed by atoms with Crippen LogP contribution in [0.2, 0.25) is 0 Å². The molecule has 2 rings (SSSR count). The van der Waals surface area contributed by atoms with Gasteiger partial charge in [-0.05, 0) is 24.5 Å². The molecule has 0 saturated heterocycles. The van der Waals surface area contributed by atoms with Crippen LogP contribution in [0.1, 0.15) is 22.1 Å². The van der Waals surface area contributed by atoms with Crippen LogP contribution in [0.3, 0.4) is 0 Å². The molecule has 1 unspecified atom stereocenters. The third-order valence-corrected chi connectivity index (χ3v) is 3.53. The Kier molecular flexibility index (Phi) is 4.17. The molecule has 0 aliphatic heterocycles. The molecule has 0 aliphatic carbocycles. The number of hydrogen-bond donors (Lipinski definition) is 0. The van der Waals surface area contributed by atoms with E-state index in [-0.39, 0.29) is 16.0 Å². The fraction of sp³-hybridized carbons (Fsp3) is 0.200. The Morgan fingerprint density at radius 3 is 2.47 bits per heavy atom. The second kappa shape index (κ2) is 5.85. The number of nitrogens with zero attached hydrogens (tertiary/aromatic N) is 1. The maximum absolute atomic E-state index is 11.1. The molecule has 0 fully saturated rings. The zero-order chi connectivity index (χ0) is 13.8. The van der Waals surface area contributed by atoms with Crippen molar-refractivity contribution < 1.29 is 4.92 Å². The number of benzene rings is 2. The summed E-state index contributed by atoms with van der Waals surface area (Å²) in [7, 11) is 0. The molecule has 1 atom stereocenters. The third kappa shape index (κ3) is 3.12. The van der Waals surface area contributed by atoms with E-state index in [1.807, 2.05) is 43.3 Å². The number of hydrogen-bond acceptors (Lipinski definition) is 2. The molecule has 19 heavy (non-hydrogen) atoms. The number of nitro groups is 1. The van der Waals surface area contributed by atoms with Crippen molar-refractivity contribution in [2.45, 2.75) is 18.7 Å². The first kappa shape index (κ1) is 13.6. The highest BCUT2D eigenvalue weighted by molar-refractivity contribution is 6.21. The minimum absolute atomic E-state index is 0.140. The van der Waals surface area contributed by atoms with E-state index in [9.17, 15) is 10.1 Å². The predicted molar refractivity (Wildman–Crippen MR) is 76.6 cm³/mol. The standard InChI is InChI=1S/C15H14ClNO2/c1-11-6-5-9-15(17(18)19)13(11)10-14(16)12-7-3-2-4-8-12/h2-9,14H,10H2,1H3. The van der Waals surface area contributed by atoms with Crippen LogP contribution < -0.4 is 0 Å². The molecule has 0 N–H and O–H groups in total. The van der Waals surface area contributed by atoms with Gasteiger partial charge < -0.3 is 0 Å². The van der Waals surface area contributed by atoms with Crippen LogP contribution in [-0.2, 0) is 6.42 Å². The van der Waals surface area contributed by atoms with E-state index >= 15 is 0 Å². The summed E-state index contributed by atoms with van der Waals surface area (Å²) in [5, 5.41) is 10.8. The summed E-state index contributed by atoms with van der Waals surface area (Å²) in [5.74, 6) is 0. The Labute approximate surface area is 117 Å². The van der Waals surface area contributed by atoms with Crippen molar-refractivity contribution in [2.24, 2.45) is 0 Å². The van der Waals surface area contributed by atoms with Crippen LogP contribution in [0.4, 0.5) is 5.69 Å². The van der Waals surface area contributed by atoms with E-state index in [4.69, 9.17) is 11.6 Å². The topological polar surface area (TPSA) is 43.1 Å². The van der Waals surface area contributed by atoms with Gasteiger partial charge in [0, 0.05) is 11.6 Å². The summed E-state index contributed by atoms with van der Waals surface area (Å²) in [6, 6.07) is 14.7. The number of aryl methyl sites for hydroxylation is 1. The molecule has 0 radical (unpaired) electrons. The molecule has 2 aromatic rings. The summed E-state index contributed by atoms with van der Waals surface area (Å²) < 4.78 is 0. The molecule has 0 saturated carbocycles. The van der Waals surface area contributed by atoms with E-state index in [1.165, 1.54) is 6.07 Å². The van der Waals surface area contributed by atoms with Gasteiger partial charge in [0.15, 0.2) is 0 Å². The van der Waals surface area contributed by atoms with Crippen LogP contribution >= 0.6 is 11.6 Å². The van der Waals surface area contributed by atoms with Gasteiger partial charge in [-0.3, -0.25) is 10.1 Å². The Hall–Kier alpha value is -1.87. The van der Waals surface area contributed by atoms with Crippen molar-refractivity contribution >= 4 is 17.3 Å². The van der Waals surface area contributed by atoms with Crippen LogP contribution in [0.15, 0.2) is 48.5 Å². The fourth-order valence-corrected chi connectivity index (χ4v) is 2.38. The van der Waals surface area contributed by atoms with Gasteiger partial charge in [-0.25, -0.2) is 0 Å². The van der Waals surface area contributed by atoms with Crippen molar-refractivity contribution in [3.05, 3.63) is 75.3 Å². The van der Waals surface area contributed by atoms with Crippen LogP contribution in [-0.4, -0.2) is 4.92 Å². The molecule has 0 heterocycles. The summed E-state index contributed by atoms with van der Waals surface area (Å²) in [5.41, 5.74) is 2.72. The Bertz CT molecular complexity index is 584. The molecule has 0 aromatic heterocycles. The van der Waals surface area contributed by atoms with Crippen LogP contribution in [0.5, 0.6) is 0 Å². The second-order valence-corrected chi connectivity index (χ2v) is 4.94. The zero-order valence-electron chi connectivity index (χ0n) is 10.5. The van der Waals surface area contributed by atoms with Gasteiger partial charge in [-0.2, -0.15) is 0 Å². The first-order chi connectivity index (χ1) is 9.09. The summed E-state index contributed by atoms with van der Waals surface area (Å²) >= 11 is 6.37. The highest BCUT2D eigenvalue weighted by Gasteiger charge is 2.19. The van der Waals surface area contributed by atoms with Crippen molar-refractivity contribution in [3.63, 3.8) is 0 Å². The smallest absolute Gasteiger partial charge is 0.258 e. The van der Waals surface area contributed by atoms with Crippen molar-refractivity contribution in [1.82, 2.24) is 0 Å². The maximum atomic E-state index is 11.1. The van der Waals surface area contributed by atoms with Crippen LogP contribution in [0, 0.1) is 17.0 Å². The fourth-order valence-electron chi connectivity index (χ4n) is 2.08. The molecular weight excluding hydrogens is 262 g/mol. The average Bonchev–Trinajstić information content (AvgIpc) is 2.41. The Balaban J connectivity index is 2.31. The molecule has 98 valence electrons. The van der Waals surface area contributed by atoms with Gasteiger partial charge >= 0.3 is 0 Å². The summed E-state index contributed by atoms with van der Waals surface area (Å²) in [6.45, 7) is 1.87. The molecule has 0 aliphatic rings. The van der Waals surface area contributed by atoms with E-state index < -0.39 is 0 Å². The number of nitro benzene ring substituents is 1. The monoisotopic (exact) mass is 275 g/mol. The van der Waals surface area contributed by atoms with E-state index in [0.717, 1.165) is 11.1 Å². The maximum Gasteiger partial charge on any atom is 0.272 e. The summed E-state index contributed by atoms with van der Waals surface area (Å²) in [6.07, 6.45) is 0.453. The lowest BCUT2D eigenvalue weighted by molar-refractivity contribution is -0.385. The van der Waals surface area contributed by atoms with Gasteiger partial charge in [-0.15, -0.1) is 11.6 Å². The lowest BCUT2D eigenvalue weighted by atomic mass is 9.98. The van der Waals surface area contributed by atoms with Gasteiger partial charge in [-0.1, -0.05) is 42.5 Å². The van der Waals surface area contributed by atoms with Gasteiger partial charge in [0.2, 0.25) is 0 Å². The lowest BCUT2D eigenvalue weighted by Crippen LogP contribution is -2.02. The molecule has 0 spiro atoms. The molecule has 3 nitrogen and oxygen atoms in total. The molecule has 0 amide bonds. The molecule has 4 heteroatoms. The Morgan fingerprint density at radius 2 is 1.84 bits per heavy atom. The number of alkyl halides is 1. The van der Waals surface area contributed by atoms with Crippen molar-refractivity contribution in [2.75, 3.05) is 0 Å². The molecule has 2 aromatic carbocycles. The van der Waals surface area contributed by atoms with E-state index in [2.05, 4.69) is 0 Å². The average molecular weight is 276 g/mol. The van der Waals surface area contributed by atoms with E-state index in [1.54, 1.807) is 6.07 Å². The largest absolute Gasteiger partial charge is 0.272 e. The minimum Gasteiger partial charge on any atom is -0.258 e. The Morgan fingerprint density at radius 1 is 1.16 bits per heavy atom. The van der Waals surface area contributed by atoms with Gasteiger partial charge in [0.05, 0.1) is 10.3 Å². The molecule has 0 bridgehead atoms.